The van der Waals surface area contributed by atoms with Crippen molar-refractivity contribution in [3.63, 3.8) is 0 Å². The number of hydrogen-bond acceptors (Lipinski definition) is 3. The Balaban J connectivity index is 2.40. The van der Waals surface area contributed by atoms with Crippen molar-refractivity contribution in [3.05, 3.63) is 59.9 Å². The lowest BCUT2D eigenvalue weighted by atomic mass is 10.1. The molecule has 0 unspecified atom stereocenters. The SMILES string of the molecule is CC[C@@H](C(=O)Nc1ccc(F)c(F)c1)N(c1ccccc1F)S(C)(=O)=O. The molecule has 1 atom stereocenters. The summed E-state index contributed by atoms with van der Waals surface area (Å²) in [5.74, 6) is -3.85. The lowest BCUT2D eigenvalue weighted by Gasteiger charge is -2.30. The van der Waals surface area contributed by atoms with E-state index in [2.05, 4.69) is 5.32 Å². The van der Waals surface area contributed by atoms with Gasteiger partial charge in [0.2, 0.25) is 15.9 Å². The Morgan fingerprint density at radius 3 is 2.27 bits per heavy atom. The van der Waals surface area contributed by atoms with Crippen LogP contribution in [0.15, 0.2) is 42.5 Å². The topological polar surface area (TPSA) is 66.5 Å². The molecule has 0 aromatic heterocycles. The van der Waals surface area contributed by atoms with Crippen LogP contribution in [0.3, 0.4) is 0 Å². The fourth-order valence-corrected chi connectivity index (χ4v) is 3.68. The number of carbonyl (C=O) groups excluding carboxylic acids is 1. The van der Waals surface area contributed by atoms with Gasteiger partial charge in [-0.2, -0.15) is 0 Å². The van der Waals surface area contributed by atoms with Crippen molar-refractivity contribution in [1.29, 1.82) is 0 Å². The number of para-hydroxylation sites is 1. The Hall–Kier alpha value is -2.55. The molecule has 0 bridgehead atoms. The van der Waals surface area contributed by atoms with Gasteiger partial charge in [-0.25, -0.2) is 21.6 Å². The van der Waals surface area contributed by atoms with Crippen LogP contribution in [0, 0.1) is 17.5 Å². The molecule has 2 aromatic carbocycles. The summed E-state index contributed by atoms with van der Waals surface area (Å²) in [4.78, 5) is 12.6. The largest absolute Gasteiger partial charge is 0.324 e. The first-order valence-corrected chi connectivity index (χ1v) is 9.49. The molecule has 140 valence electrons. The number of amides is 1. The minimum atomic E-state index is -4.01. The number of hydrogen-bond donors (Lipinski definition) is 1. The molecule has 0 aliphatic heterocycles. The standard InChI is InChI=1S/C17H17F3N2O3S/c1-3-15(17(23)21-11-8-9-12(18)14(20)10-11)22(26(2,24)25)16-7-5-4-6-13(16)19/h4-10,15H,3H2,1-2H3,(H,21,23)/t15-/m0/s1. The van der Waals surface area contributed by atoms with Gasteiger partial charge in [-0.3, -0.25) is 9.10 Å². The van der Waals surface area contributed by atoms with Crippen LogP contribution in [0.25, 0.3) is 0 Å². The van der Waals surface area contributed by atoms with Crippen molar-refractivity contribution in [1.82, 2.24) is 0 Å². The number of nitrogens with one attached hydrogen (secondary N) is 1. The number of benzene rings is 2. The lowest BCUT2D eigenvalue weighted by Crippen LogP contribution is -2.47. The summed E-state index contributed by atoms with van der Waals surface area (Å²) < 4.78 is 65.5. The van der Waals surface area contributed by atoms with Crippen LogP contribution in [0.4, 0.5) is 24.5 Å². The van der Waals surface area contributed by atoms with E-state index in [1.165, 1.54) is 18.2 Å². The predicted molar refractivity (Wildman–Crippen MR) is 92.8 cm³/mol. The van der Waals surface area contributed by atoms with E-state index in [9.17, 15) is 26.4 Å². The van der Waals surface area contributed by atoms with Gasteiger partial charge in [-0.05, 0) is 30.7 Å². The molecular formula is C17H17F3N2O3S. The van der Waals surface area contributed by atoms with E-state index in [1.54, 1.807) is 6.92 Å². The predicted octanol–water partition coefficient (Wildman–Crippen LogP) is 3.29. The molecule has 0 heterocycles. The summed E-state index contributed by atoms with van der Waals surface area (Å²) in [5, 5.41) is 2.33. The fraction of sp³-hybridized carbons (Fsp3) is 0.235. The molecule has 0 spiro atoms. The van der Waals surface area contributed by atoms with E-state index < -0.39 is 39.4 Å². The van der Waals surface area contributed by atoms with Crippen LogP contribution in [0.1, 0.15) is 13.3 Å². The van der Waals surface area contributed by atoms with E-state index in [0.717, 1.165) is 30.5 Å². The highest BCUT2D eigenvalue weighted by molar-refractivity contribution is 7.92. The van der Waals surface area contributed by atoms with Crippen molar-refractivity contribution in [3.8, 4) is 0 Å². The number of nitrogens with zero attached hydrogens (tertiary/aromatic N) is 1. The molecule has 26 heavy (non-hydrogen) atoms. The molecule has 0 fully saturated rings. The maximum Gasteiger partial charge on any atom is 0.248 e. The molecule has 1 N–H and O–H groups in total. The Morgan fingerprint density at radius 2 is 1.73 bits per heavy atom. The molecule has 1 amide bonds. The third-order valence-corrected chi connectivity index (χ3v) is 4.77. The molecule has 2 rings (SSSR count). The van der Waals surface area contributed by atoms with Gasteiger partial charge in [0.15, 0.2) is 11.6 Å². The minimum Gasteiger partial charge on any atom is -0.324 e. The van der Waals surface area contributed by atoms with Gasteiger partial charge in [-0.15, -0.1) is 0 Å². The second-order valence-electron chi connectivity index (χ2n) is 5.55. The van der Waals surface area contributed by atoms with Crippen molar-refractivity contribution in [2.45, 2.75) is 19.4 Å². The zero-order valence-electron chi connectivity index (χ0n) is 14.0. The first-order chi connectivity index (χ1) is 12.1. The number of halogens is 3. The molecule has 0 radical (unpaired) electrons. The second kappa shape index (κ2) is 7.77. The molecular weight excluding hydrogens is 369 g/mol. The van der Waals surface area contributed by atoms with E-state index in [-0.39, 0.29) is 17.8 Å². The molecule has 2 aromatic rings. The quantitative estimate of drug-likeness (QED) is 0.829. The zero-order chi connectivity index (χ0) is 19.5. The molecule has 0 saturated heterocycles. The number of rotatable bonds is 6. The van der Waals surface area contributed by atoms with E-state index >= 15 is 0 Å². The third-order valence-electron chi connectivity index (χ3n) is 3.61. The summed E-state index contributed by atoms with van der Waals surface area (Å²) in [5.41, 5.74) is -0.323. The summed E-state index contributed by atoms with van der Waals surface area (Å²) in [6.07, 6.45) is 0.879. The molecule has 5 nitrogen and oxygen atoms in total. The minimum absolute atomic E-state index is 0.0247. The van der Waals surface area contributed by atoms with Crippen molar-refractivity contribution in [2.75, 3.05) is 15.9 Å². The van der Waals surface area contributed by atoms with Gasteiger partial charge in [0, 0.05) is 11.8 Å². The van der Waals surface area contributed by atoms with E-state index in [0.29, 0.717) is 4.31 Å². The van der Waals surface area contributed by atoms with Crippen LogP contribution in [0.5, 0.6) is 0 Å². The maximum atomic E-state index is 14.1. The van der Waals surface area contributed by atoms with Crippen LogP contribution in [-0.2, 0) is 14.8 Å². The lowest BCUT2D eigenvalue weighted by molar-refractivity contribution is -0.117. The van der Waals surface area contributed by atoms with Crippen LogP contribution >= 0.6 is 0 Å². The average molecular weight is 386 g/mol. The van der Waals surface area contributed by atoms with Gasteiger partial charge in [0.25, 0.3) is 0 Å². The van der Waals surface area contributed by atoms with Crippen molar-refractivity contribution in [2.24, 2.45) is 0 Å². The van der Waals surface area contributed by atoms with Crippen LogP contribution in [0.2, 0.25) is 0 Å². The maximum absolute atomic E-state index is 14.1. The van der Waals surface area contributed by atoms with Crippen LogP contribution in [-0.4, -0.2) is 26.6 Å². The van der Waals surface area contributed by atoms with E-state index in [1.807, 2.05) is 0 Å². The third kappa shape index (κ3) is 4.34. The molecule has 0 saturated carbocycles. The first-order valence-electron chi connectivity index (χ1n) is 7.65. The first kappa shape index (κ1) is 19.8. The Kier molecular flexibility index (Phi) is 5.91. The fourth-order valence-electron chi connectivity index (χ4n) is 2.47. The van der Waals surface area contributed by atoms with Gasteiger partial charge in [0.05, 0.1) is 11.9 Å². The van der Waals surface area contributed by atoms with E-state index in [4.69, 9.17) is 0 Å². The Labute approximate surface area is 149 Å². The molecule has 0 aliphatic carbocycles. The average Bonchev–Trinajstić information content (AvgIpc) is 2.55. The monoisotopic (exact) mass is 386 g/mol. The summed E-state index contributed by atoms with van der Waals surface area (Å²) >= 11 is 0. The summed E-state index contributed by atoms with van der Waals surface area (Å²) in [7, 11) is -4.01. The van der Waals surface area contributed by atoms with Crippen LogP contribution < -0.4 is 9.62 Å². The number of anilines is 2. The highest BCUT2D eigenvalue weighted by atomic mass is 32.2. The molecule has 0 aliphatic rings. The normalized spacial score (nSPS) is 12.5. The van der Waals surface area contributed by atoms with Gasteiger partial charge in [0.1, 0.15) is 11.9 Å². The number of carbonyl (C=O) groups is 1. The number of sulfonamides is 1. The van der Waals surface area contributed by atoms with Crippen molar-refractivity contribution >= 4 is 27.3 Å². The molecule has 9 heteroatoms. The summed E-state index contributed by atoms with van der Waals surface area (Å²) in [6.45, 7) is 1.55. The van der Waals surface area contributed by atoms with Crippen molar-refractivity contribution < 1.29 is 26.4 Å². The second-order valence-corrected chi connectivity index (χ2v) is 7.41. The van der Waals surface area contributed by atoms with Gasteiger partial charge in [-0.1, -0.05) is 19.1 Å². The zero-order valence-corrected chi connectivity index (χ0v) is 14.9. The van der Waals surface area contributed by atoms with Gasteiger partial charge < -0.3 is 5.32 Å². The Morgan fingerprint density at radius 1 is 1.08 bits per heavy atom. The smallest absolute Gasteiger partial charge is 0.248 e. The summed E-state index contributed by atoms with van der Waals surface area (Å²) in [6, 6.07) is 6.60. The Bertz CT molecular complexity index is 919. The highest BCUT2D eigenvalue weighted by Gasteiger charge is 2.33. The van der Waals surface area contributed by atoms with Gasteiger partial charge >= 0.3 is 0 Å². The highest BCUT2D eigenvalue weighted by Crippen LogP contribution is 2.26.